The highest BCUT2D eigenvalue weighted by Crippen LogP contribution is 2.35. The van der Waals surface area contributed by atoms with Gasteiger partial charge in [0, 0.05) is 52.4 Å². The second-order valence-electron chi connectivity index (χ2n) is 8.19. The summed E-state index contributed by atoms with van der Waals surface area (Å²) in [7, 11) is 3.92. The third kappa shape index (κ3) is 7.27. The van der Waals surface area contributed by atoms with Gasteiger partial charge in [-0.3, -0.25) is 4.99 Å². The minimum atomic E-state index is 0. The second kappa shape index (κ2) is 12.7. The smallest absolute Gasteiger partial charge is 0.193 e. The van der Waals surface area contributed by atoms with Crippen molar-refractivity contribution in [3.8, 4) is 5.75 Å². The molecule has 0 unspecified atom stereocenters. The molecule has 0 aromatic heterocycles. The standard InChI is InChI=1S/C23H37N3O3.HI/c1-4-29-21-9-7-20(8-10-21)23(11-14-27-15-12-23)18-25-22(24-2)26(3)13-16-28-17-19-5-6-19;/h7-10,19H,4-6,11-18H2,1-3H3,(H,24,25);1H. The van der Waals surface area contributed by atoms with E-state index in [4.69, 9.17) is 14.2 Å². The van der Waals surface area contributed by atoms with Crippen LogP contribution < -0.4 is 10.1 Å². The first-order valence-electron chi connectivity index (χ1n) is 11.0. The Morgan fingerprint density at radius 1 is 1.23 bits per heavy atom. The molecule has 0 amide bonds. The summed E-state index contributed by atoms with van der Waals surface area (Å²) < 4.78 is 17.1. The van der Waals surface area contributed by atoms with Crippen molar-refractivity contribution in [1.82, 2.24) is 10.2 Å². The Morgan fingerprint density at radius 3 is 2.53 bits per heavy atom. The van der Waals surface area contributed by atoms with Gasteiger partial charge < -0.3 is 24.4 Å². The topological polar surface area (TPSA) is 55.3 Å². The van der Waals surface area contributed by atoms with Gasteiger partial charge in [0.1, 0.15) is 5.75 Å². The Labute approximate surface area is 198 Å². The van der Waals surface area contributed by atoms with Crippen LogP contribution in [0.4, 0.5) is 0 Å². The summed E-state index contributed by atoms with van der Waals surface area (Å²) in [5, 5.41) is 3.61. The zero-order valence-electron chi connectivity index (χ0n) is 18.7. The zero-order valence-corrected chi connectivity index (χ0v) is 21.0. The van der Waals surface area contributed by atoms with Crippen LogP contribution in [-0.2, 0) is 14.9 Å². The molecule has 1 aliphatic carbocycles. The summed E-state index contributed by atoms with van der Waals surface area (Å²) in [5.41, 5.74) is 1.38. The van der Waals surface area contributed by atoms with E-state index in [0.717, 1.165) is 70.0 Å². The minimum absolute atomic E-state index is 0. The van der Waals surface area contributed by atoms with Gasteiger partial charge in [0.05, 0.1) is 13.2 Å². The summed E-state index contributed by atoms with van der Waals surface area (Å²) in [6, 6.07) is 8.56. The molecule has 0 radical (unpaired) electrons. The molecule has 1 saturated heterocycles. The highest BCUT2D eigenvalue weighted by molar-refractivity contribution is 14.0. The molecular weight excluding hydrogens is 493 g/mol. The number of hydrogen-bond acceptors (Lipinski definition) is 4. The van der Waals surface area contributed by atoms with Crippen molar-refractivity contribution in [2.45, 2.75) is 38.0 Å². The predicted octanol–water partition coefficient (Wildman–Crippen LogP) is 3.69. The van der Waals surface area contributed by atoms with Gasteiger partial charge in [0.25, 0.3) is 0 Å². The van der Waals surface area contributed by atoms with Crippen molar-refractivity contribution < 1.29 is 14.2 Å². The average Bonchev–Trinajstić information content (AvgIpc) is 3.57. The Balaban J connectivity index is 0.00000320. The fraction of sp³-hybridized carbons (Fsp3) is 0.696. The molecule has 1 aromatic rings. The van der Waals surface area contributed by atoms with E-state index < -0.39 is 0 Å². The maximum Gasteiger partial charge on any atom is 0.193 e. The van der Waals surface area contributed by atoms with E-state index in [1.54, 1.807) is 0 Å². The third-order valence-electron chi connectivity index (χ3n) is 6.01. The summed E-state index contributed by atoms with van der Waals surface area (Å²) >= 11 is 0. The van der Waals surface area contributed by atoms with E-state index in [-0.39, 0.29) is 29.4 Å². The van der Waals surface area contributed by atoms with Gasteiger partial charge in [-0.2, -0.15) is 0 Å². The van der Waals surface area contributed by atoms with E-state index in [1.165, 1.54) is 18.4 Å². The molecule has 7 heteroatoms. The van der Waals surface area contributed by atoms with Gasteiger partial charge >= 0.3 is 0 Å². The second-order valence-corrected chi connectivity index (χ2v) is 8.19. The predicted molar refractivity (Wildman–Crippen MR) is 132 cm³/mol. The van der Waals surface area contributed by atoms with Crippen LogP contribution in [0.25, 0.3) is 0 Å². The van der Waals surface area contributed by atoms with E-state index in [0.29, 0.717) is 6.61 Å². The van der Waals surface area contributed by atoms with Crippen molar-refractivity contribution in [3.63, 3.8) is 0 Å². The van der Waals surface area contributed by atoms with Gasteiger partial charge in [-0.25, -0.2) is 0 Å². The highest BCUT2D eigenvalue weighted by Gasteiger charge is 2.35. The molecule has 3 rings (SSSR count). The van der Waals surface area contributed by atoms with Crippen molar-refractivity contribution >= 4 is 29.9 Å². The zero-order chi connectivity index (χ0) is 20.5. The molecule has 1 aromatic carbocycles. The first-order chi connectivity index (χ1) is 14.2. The number of ether oxygens (including phenoxy) is 3. The van der Waals surface area contributed by atoms with Crippen LogP contribution in [0.1, 0.15) is 38.2 Å². The molecule has 2 fully saturated rings. The first-order valence-corrected chi connectivity index (χ1v) is 11.0. The van der Waals surface area contributed by atoms with Crippen LogP contribution in [0.3, 0.4) is 0 Å². The summed E-state index contributed by atoms with van der Waals surface area (Å²) in [6.07, 6.45) is 4.66. The average molecular weight is 531 g/mol. The lowest BCUT2D eigenvalue weighted by Crippen LogP contribution is -2.49. The van der Waals surface area contributed by atoms with E-state index in [1.807, 2.05) is 14.0 Å². The van der Waals surface area contributed by atoms with Crippen LogP contribution in [0, 0.1) is 5.92 Å². The fourth-order valence-electron chi connectivity index (χ4n) is 3.88. The number of nitrogens with zero attached hydrogens (tertiary/aromatic N) is 2. The molecule has 0 atom stereocenters. The Morgan fingerprint density at radius 2 is 1.93 bits per heavy atom. The van der Waals surface area contributed by atoms with Gasteiger partial charge in [-0.1, -0.05) is 12.1 Å². The molecular formula is C23H38IN3O3. The molecule has 170 valence electrons. The number of halogens is 1. The maximum atomic E-state index is 5.78. The lowest BCUT2D eigenvalue weighted by atomic mass is 9.74. The minimum Gasteiger partial charge on any atom is -0.494 e. The highest BCUT2D eigenvalue weighted by atomic mass is 127. The Kier molecular flexibility index (Phi) is 10.7. The van der Waals surface area contributed by atoms with Crippen molar-refractivity contribution in [1.29, 1.82) is 0 Å². The molecule has 1 aliphatic heterocycles. The summed E-state index contributed by atoms with van der Waals surface area (Å²) in [6.45, 7) is 7.60. The van der Waals surface area contributed by atoms with Crippen molar-refractivity contribution in [2.75, 3.05) is 60.2 Å². The van der Waals surface area contributed by atoms with Crippen LogP contribution in [0.2, 0.25) is 0 Å². The lowest BCUT2D eigenvalue weighted by molar-refractivity contribution is 0.0511. The van der Waals surface area contributed by atoms with Crippen LogP contribution >= 0.6 is 24.0 Å². The molecule has 1 saturated carbocycles. The molecule has 1 heterocycles. The van der Waals surface area contributed by atoms with E-state index in [2.05, 4.69) is 46.5 Å². The van der Waals surface area contributed by atoms with E-state index in [9.17, 15) is 0 Å². The number of rotatable bonds is 10. The number of nitrogens with one attached hydrogen (secondary N) is 1. The molecule has 2 aliphatic rings. The van der Waals surface area contributed by atoms with Crippen molar-refractivity contribution in [3.05, 3.63) is 29.8 Å². The monoisotopic (exact) mass is 531 g/mol. The van der Waals surface area contributed by atoms with Crippen LogP contribution in [-0.4, -0.2) is 71.1 Å². The quantitative estimate of drug-likeness (QED) is 0.216. The SMILES string of the molecule is CCOc1ccc(C2(CNC(=NC)N(C)CCOCC3CC3)CCOCC2)cc1.I. The molecule has 6 nitrogen and oxygen atoms in total. The normalized spacial score (nSPS) is 18.4. The summed E-state index contributed by atoms with van der Waals surface area (Å²) in [4.78, 5) is 6.64. The van der Waals surface area contributed by atoms with Crippen molar-refractivity contribution in [2.24, 2.45) is 10.9 Å². The van der Waals surface area contributed by atoms with Gasteiger partial charge in [-0.15, -0.1) is 24.0 Å². The number of guanidine groups is 1. The number of likely N-dealkylation sites (N-methyl/N-ethyl adjacent to an activating group) is 1. The number of hydrogen-bond donors (Lipinski definition) is 1. The van der Waals surface area contributed by atoms with Crippen LogP contribution in [0.15, 0.2) is 29.3 Å². The molecule has 0 bridgehead atoms. The molecule has 0 spiro atoms. The Hall–Kier alpha value is -1.06. The lowest BCUT2D eigenvalue weighted by Gasteiger charge is -2.39. The maximum absolute atomic E-state index is 5.78. The fourth-order valence-corrected chi connectivity index (χ4v) is 3.88. The van der Waals surface area contributed by atoms with E-state index >= 15 is 0 Å². The van der Waals surface area contributed by atoms with Gasteiger partial charge in [0.2, 0.25) is 0 Å². The van der Waals surface area contributed by atoms with Gasteiger partial charge in [0.15, 0.2) is 5.96 Å². The molecule has 30 heavy (non-hydrogen) atoms. The Bertz CT molecular complexity index is 644. The number of aliphatic imine (C=N–C) groups is 1. The summed E-state index contributed by atoms with van der Waals surface area (Å²) in [5.74, 6) is 2.64. The number of benzene rings is 1. The first kappa shape index (κ1) is 25.2. The largest absolute Gasteiger partial charge is 0.494 e. The van der Waals surface area contributed by atoms with Crippen LogP contribution in [0.5, 0.6) is 5.75 Å². The molecule has 1 N–H and O–H groups in total. The van der Waals surface area contributed by atoms with Gasteiger partial charge in [-0.05, 0) is 56.2 Å². The third-order valence-corrected chi connectivity index (χ3v) is 6.01.